The van der Waals surface area contributed by atoms with Crippen LogP contribution in [-0.4, -0.2) is 116 Å². The number of hydrogen-bond donors (Lipinski definition) is 2. The summed E-state index contributed by atoms with van der Waals surface area (Å²) in [6.45, 7) is 7.73. The maximum absolute atomic E-state index is 12.5. The van der Waals surface area contributed by atoms with Crippen LogP contribution >= 0.6 is 0 Å². The highest BCUT2D eigenvalue weighted by molar-refractivity contribution is 5.76. The molecule has 0 rings (SSSR count). The van der Waals surface area contributed by atoms with E-state index in [9.17, 15) is 4.79 Å². The summed E-state index contributed by atoms with van der Waals surface area (Å²) in [5.41, 5.74) is 10.9. The highest BCUT2D eigenvalue weighted by Gasteiger charge is 2.13. The zero-order chi connectivity index (χ0) is 23.5. The smallest absolute Gasteiger partial charge is 0.224 e. The second-order valence-corrected chi connectivity index (χ2v) is 6.73. The molecule has 0 heterocycles. The molecular formula is C22H43N3O7. The average molecular weight is 462 g/mol. The average Bonchev–Trinajstić information content (AvgIpc) is 2.80. The number of hydrogen-bond acceptors (Lipinski definition) is 9. The van der Waals surface area contributed by atoms with Crippen LogP contribution in [0.4, 0.5) is 0 Å². The first-order chi connectivity index (χ1) is 15.8. The van der Waals surface area contributed by atoms with Gasteiger partial charge in [0.25, 0.3) is 0 Å². The molecule has 1 amide bonds. The third-order valence-electron chi connectivity index (χ3n) is 4.14. The van der Waals surface area contributed by atoms with Crippen molar-refractivity contribution in [1.82, 2.24) is 4.90 Å². The van der Waals surface area contributed by atoms with Crippen molar-refractivity contribution >= 4 is 5.91 Å². The van der Waals surface area contributed by atoms with Gasteiger partial charge in [0.1, 0.15) is 6.61 Å². The third kappa shape index (κ3) is 21.9. The first kappa shape index (κ1) is 30.7. The molecule has 4 N–H and O–H groups in total. The Morgan fingerprint density at radius 3 is 1.75 bits per heavy atom. The maximum atomic E-state index is 12.5. The highest BCUT2D eigenvalue weighted by Crippen LogP contribution is 2.00. The van der Waals surface area contributed by atoms with Crippen molar-refractivity contribution in [2.75, 3.05) is 105 Å². The molecule has 0 aromatic rings. The van der Waals surface area contributed by atoms with Crippen LogP contribution < -0.4 is 11.5 Å². The molecule has 0 fully saturated rings. The van der Waals surface area contributed by atoms with Gasteiger partial charge < -0.3 is 44.8 Å². The van der Waals surface area contributed by atoms with Crippen LogP contribution in [0.5, 0.6) is 0 Å². The number of rotatable bonds is 25. The predicted octanol–water partition coefficient (Wildman–Crippen LogP) is -0.364. The van der Waals surface area contributed by atoms with Gasteiger partial charge in [-0.2, -0.15) is 0 Å². The van der Waals surface area contributed by atoms with Crippen LogP contribution in [0, 0.1) is 12.3 Å². The summed E-state index contributed by atoms with van der Waals surface area (Å²) in [6.07, 6.45) is 7.15. The van der Waals surface area contributed by atoms with Gasteiger partial charge in [-0.25, -0.2) is 0 Å². The van der Waals surface area contributed by atoms with E-state index in [2.05, 4.69) is 5.92 Å². The largest absolute Gasteiger partial charge is 0.379 e. The van der Waals surface area contributed by atoms with Gasteiger partial charge in [0.15, 0.2) is 0 Å². The lowest BCUT2D eigenvalue weighted by Crippen LogP contribution is -2.36. The Bertz CT molecular complexity index is 450. The Morgan fingerprint density at radius 1 is 0.656 bits per heavy atom. The SMILES string of the molecule is C#CCOCCOCCOCCOCCC(=O)N(CCCCN)CCOCCOCCN. The summed E-state index contributed by atoms with van der Waals surface area (Å²) in [4.78, 5) is 14.3. The number of unbranched alkanes of at least 4 members (excludes halogenated alkanes) is 1. The molecule has 10 heteroatoms. The van der Waals surface area contributed by atoms with Gasteiger partial charge in [-0.3, -0.25) is 4.79 Å². The van der Waals surface area contributed by atoms with E-state index in [4.69, 9.17) is 46.3 Å². The van der Waals surface area contributed by atoms with Gasteiger partial charge in [-0.15, -0.1) is 6.42 Å². The Morgan fingerprint density at radius 2 is 1.19 bits per heavy atom. The monoisotopic (exact) mass is 461 g/mol. The summed E-state index contributed by atoms with van der Waals surface area (Å²) in [7, 11) is 0. The molecule has 0 aromatic carbocycles. The minimum absolute atomic E-state index is 0.0476. The number of carbonyl (C=O) groups is 1. The van der Waals surface area contributed by atoms with Crippen molar-refractivity contribution in [3.05, 3.63) is 0 Å². The van der Waals surface area contributed by atoms with Gasteiger partial charge in [-0.1, -0.05) is 5.92 Å². The van der Waals surface area contributed by atoms with Crippen LogP contribution in [0.2, 0.25) is 0 Å². The number of carbonyl (C=O) groups excluding carboxylic acids is 1. The summed E-state index contributed by atoms with van der Waals surface area (Å²) in [5, 5.41) is 0. The number of ether oxygens (including phenoxy) is 6. The zero-order valence-electron chi connectivity index (χ0n) is 19.5. The molecule has 0 aliphatic heterocycles. The van der Waals surface area contributed by atoms with Crippen LogP contribution in [0.3, 0.4) is 0 Å². The van der Waals surface area contributed by atoms with Crippen molar-refractivity contribution in [3.63, 3.8) is 0 Å². The number of terminal acetylenes is 1. The second-order valence-electron chi connectivity index (χ2n) is 6.73. The van der Waals surface area contributed by atoms with E-state index >= 15 is 0 Å². The summed E-state index contributed by atoms with van der Waals surface area (Å²) < 4.78 is 32.1. The molecular weight excluding hydrogens is 418 g/mol. The van der Waals surface area contributed by atoms with E-state index in [0.717, 1.165) is 12.8 Å². The number of nitrogens with zero attached hydrogens (tertiary/aromatic N) is 1. The summed E-state index contributed by atoms with van der Waals surface area (Å²) in [5.74, 6) is 2.44. The lowest BCUT2D eigenvalue weighted by atomic mass is 10.2. The summed E-state index contributed by atoms with van der Waals surface area (Å²) >= 11 is 0. The van der Waals surface area contributed by atoms with E-state index in [1.165, 1.54) is 0 Å². The fourth-order valence-electron chi connectivity index (χ4n) is 2.50. The molecule has 188 valence electrons. The molecule has 10 nitrogen and oxygen atoms in total. The molecule has 0 aliphatic rings. The molecule has 0 unspecified atom stereocenters. The fraction of sp³-hybridized carbons (Fsp3) is 0.864. The number of nitrogens with two attached hydrogens (primary N) is 2. The molecule has 0 atom stereocenters. The highest BCUT2D eigenvalue weighted by atomic mass is 16.6. The minimum Gasteiger partial charge on any atom is -0.379 e. The quantitative estimate of drug-likeness (QED) is 0.138. The van der Waals surface area contributed by atoms with E-state index in [-0.39, 0.29) is 5.91 Å². The van der Waals surface area contributed by atoms with Crippen LogP contribution in [-0.2, 0) is 33.2 Å². The Hall–Kier alpha value is -1.29. The number of amides is 1. The molecule has 0 aliphatic carbocycles. The van der Waals surface area contributed by atoms with Crippen molar-refractivity contribution in [1.29, 1.82) is 0 Å². The van der Waals surface area contributed by atoms with Crippen LogP contribution in [0.1, 0.15) is 19.3 Å². The molecule has 0 saturated heterocycles. The Kier molecular flexibility index (Phi) is 24.9. The fourth-order valence-corrected chi connectivity index (χ4v) is 2.50. The molecule has 0 saturated carbocycles. The van der Waals surface area contributed by atoms with Gasteiger partial charge in [0, 0.05) is 19.6 Å². The molecule has 0 radical (unpaired) electrons. The van der Waals surface area contributed by atoms with Gasteiger partial charge in [-0.05, 0) is 19.4 Å². The molecule has 0 bridgehead atoms. The summed E-state index contributed by atoms with van der Waals surface area (Å²) in [6, 6.07) is 0. The second kappa shape index (κ2) is 26.0. The Balaban J connectivity index is 3.74. The van der Waals surface area contributed by atoms with Crippen LogP contribution in [0.15, 0.2) is 0 Å². The first-order valence-electron chi connectivity index (χ1n) is 11.3. The third-order valence-corrected chi connectivity index (χ3v) is 4.14. The van der Waals surface area contributed by atoms with E-state index in [1.54, 1.807) is 4.90 Å². The zero-order valence-corrected chi connectivity index (χ0v) is 19.5. The lowest BCUT2D eigenvalue weighted by Gasteiger charge is -2.23. The topological polar surface area (TPSA) is 128 Å². The van der Waals surface area contributed by atoms with E-state index < -0.39 is 0 Å². The predicted molar refractivity (Wildman–Crippen MR) is 122 cm³/mol. The molecule has 0 spiro atoms. The lowest BCUT2D eigenvalue weighted by molar-refractivity contribution is -0.133. The molecule has 0 aromatic heterocycles. The van der Waals surface area contributed by atoms with Crippen molar-refractivity contribution in [2.24, 2.45) is 11.5 Å². The van der Waals surface area contributed by atoms with E-state index in [0.29, 0.717) is 112 Å². The normalized spacial score (nSPS) is 10.9. The van der Waals surface area contributed by atoms with Crippen molar-refractivity contribution in [3.8, 4) is 12.3 Å². The first-order valence-corrected chi connectivity index (χ1v) is 11.3. The van der Waals surface area contributed by atoms with Crippen molar-refractivity contribution < 1.29 is 33.2 Å². The molecule has 32 heavy (non-hydrogen) atoms. The maximum Gasteiger partial charge on any atom is 0.224 e. The van der Waals surface area contributed by atoms with Crippen molar-refractivity contribution in [2.45, 2.75) is 19.3 Å². The van der Waals surface area contributed by atoms with E-state index in [1.807, 2.05) is 0 Å². The Labute approximate surface area is 193 Å². The van der Waals surface area contributed by atoms with Gasteiger partial charge in [0.2, 0.25) is 5.91 Å². The van der Waals surface area contributed by atoms with Crippen LogP contribution in [0.25, 0.3) is 0 Å². The standard InChI is InChI=1S/C22H43N3O7/c1-2-10-27-14-18-31-20-21-32-19-15-28-11-5-22(26)25(8-4-3-6-23)9-13-30-17-16-29-12-7-24/h1H,3-21,23-24H2. The minimum atomic E-state index is 0.0476. The van der Waals surface area contributed by atoms with Gasteiger partial charge >= 0.3 is 0 Å². The van der Waals surface area contributed by atoms with Gasteiger partial charge in [0.05, 0.1) is 79.1 Å².